The van der Waals surface area contributed by atoms with Crippen LogP contribution in [0.3, 0.4) is 0 Å². The fourth-order valence-electron chi connectivity index (χ4n) is 2.66. The molecule has 1 heterocycles. The molecule has 0 saturated carbocycles. The number of hydrogen-bond acceptors (Lipinski definition) is 1. The molecular weight excluding hydrogens is 194 g/mol. The number of aryl methyl sites for hydroxylation is 2. The van der Waals surface area contributed by atoms with Gasteiger partial charge in [-0.1, -0.05) is 32.0 Å². The van der Waals surface area contributed by atoms with Crippen LogP contribution in [-0.4, -0.2) is 25.0 Å². The van der Waals surface area contributed by atoms with Crippen LogP contribution in [0.15, 0.2) is 18.2 Å². The maximum atomic E-state index is 2.40. The molecule has 0 unspecified atom stereocenters. The van der Waals surface area contributed by atoms with Crippen LogP contribution in [0.2, 0.25) is 0 Å². The predicted molar refractivity (Wildman–Crippen MR) is 69.9 cm³/mol. The molecule has 2 rings (SSSR count). The first-order valence-corrected chi connectivity index (χ1v) is 6.51. The summed E-state index contributed by atoms with van der Waals surface area (Å²) in [6.45, 7) is 7.04. The van der Waals surface area contributed by atoms with Crippen LogP contribution in [0.1, 0.15) is 30.5 Å². The van der Waals surface area contributed by atoms with Crippen LogP contribution in [0.25, 0.3) is 0 Å². The molecule has 0 aliphatic carbocycles. The van der Waals surface area contributed by atoms with Gasteiger partial charge in [-0.05, 0) is 48.9 Å². The van der Waals surface area contributed by atoms with Crippen molar-refractivity contribution in [1.29, 1.82) is 0 Å². The van der Waals surface area contributed by atoms with Gasteiger partial charge in [-0.2, -0.15) is 0 Å². The minimum atomic E-state index is 0.891. The molecule has 0 aromatic heterocycles. The summed E-state index contributed by atoms with van der Waals surface area (Å²) in [6.07, 6.45) is 3.59. The Morgan fingerprint density at radius 1 is 1.00 bits per heavy atom. The monoisotopic (exact) mass is 217 g/mol. The Morgan fingerprint density at radius 3 is 1.94 bits per heavy atom. The van der Waals surface area contributed by atoms with E-state index in [1.54, 1.807) is 5.56 Å². The van der Waals surface area contributed by atoms with Gasteiger partial charge >= 0.3 is 0 Å². The Morgan fingerprint density at radius 2 is 1.50 bits per heavy atom. The summed E-state index contributed by atoms with van der Waals surface area (Å²) >= 11 is 0. The molecule has 1 aromatic rings. The predicted octanol–water partition coefficient (Wildman–Crippen LogP) is 2.92. The minimum absolute atomic E-state index is 0.891. The lowest BCUT2D eigenvalue weighted by Crippen LogP contribution is -2.44. The molecule has 0 amide bonds. The second kappa shape index (κ2) is 5.01. The molecule has 1 aliphatic rings. The second-order valence-electron chi connectivity index (χ2n) is 5.16. The minimum Gasteiger partial charge on any atom is -0.306 e. The topological polar surface area (TPSA) is 3.24 Å². The molecule has 16 heavy (non-hydrogen) atoms. The highest BCUT2D eigenvalue weighted by atomic mass is 15.2. The van der Waals surface area contributed by atoms with Gasteiger partial charge in [0.05, 0.1) is 0 Å². The van der Waals surface area contributed by atoms with Gasteiger partial charge < -0.3 is 4.90 Å². The number of nitrogens with zero attached hydrogens (tertiary/aromatic N) is 1. The van der Waals surface area contributed by atoms with Gasteiger partial charge in [0.25, 0.3) is 0 Å². The van der Waals surface area contributed by atoms with E-state index in [-0.39, 0.29) is 0 Å². The largest absolute Gasteiger partial charge is 0.306 e. The fraction of sp³-hybridized carbons (Fsp3) is 0.600. The fourth-order valence-corrected chi connectivity index (χ4v) is 2.66. The van der Waals surface area contributed by atoms with E-state index in [1.807, 2.05) is 0 Å². The van der Waals surface area contributed by atoms with Crippen molar-refractivity contribution < 1.29 is 0 Å². The Labute approximate surface area is 99.5 Å². The van der Waals surface area contributed by atoms with Crippen LogP contribution >= 0.6 is 0 Å². The summed E-state index contributed by atoms with van der Waals surface area (Å²) in [6, 6.07) is 7.16. The lowest BCUT2D eigenvalue weighted by molar-refractivity contribution is 0.134. The van der Waals surface area contributed by atoms with E-state index in [9.17, 15) is 0 Å². The Hall–Kier alpha value is -0.820. The quantitative estimate of drug-likeness (QED) is 0.749. The van der Waals surface area contributed by atoms with Crippen molar-refractivity contribution in [3.05, 3.63) is 34.9 Å². The molecule has 0 N–H and O–H groups in total. The molecule has 1 aromatic carbocycles. The van der Waals surface area contributed by atoms with Gasteiger partial charge in [0.2, 0.25) is 0 Å². The smallest absolute Gasteiger partial charge is 0.00222 e. The van der Waals surface area contributed by atoms with Crippen molar-refractivity contribution in [3.63, 3.8) is 0 Å². The zero-order valence-corrected chi connectivity index (χ0v) is 10.8. The molecule has 1 fully saturated rings. The van der Waals surface area contributed by atoms with Gasteiger partial charge in [0, 0.05) is 13.1 Å². The summed E-state index contributed by atoms with van der Waals surface area (Å²) in [5.41, 5.74) is 4.55. The SMILES string of the molecule is CCc1cc(CC)cc(CC2CN(C)C2)c1. The maximum Gasteiger partial charge on any atom is 0.00222 e. The maximum absolute atomic E-state index is 2.40. The average molecular weight is 217 g/mol. The molecule has 0 radical (unpaired) electrons. The van der Waals surface area contributed by atoms with Gasteiger partial charge in [-0.3, -0.25) is 0 Å². The molecule has 1 nitrogen and oxygen atoms in total. The molecular formula is C15H23N. The van der Waals surface area contributed by atoms with Crippen LogP contribution in [0.5, 0.6) is 0 Å². The summed E-state index contributed by atoms with van der Waals surface area (Å²) in [4.78, 5) is 2.40. The van der Waals surface area contributed by atoms with Crippen molar-refractivity contribution >= 4 is 0 Å². The van der Waals surface area contributed by atoms with Gasteiger partial charge in [-0.25, -0.2) is 0 Å². The first-order chi connectivity index (χ1) is 7.71. The number of likely N-dealkylation sites (tertiary alicyclic amines) is 1. The highest BCUT2D eigenvalue weighted by Gasteiger charge is 2.23. The summed E-state index contributed by atoms with van der Waals surface area (Å²) < 4.78 is 0. The molecule has 0 bridgehead atoms. The Bertz CT molecular complexity index is 328. The highest BCUT2D eigenvalue weighted by molar-refractivity contribution is 5.30. The van der Waals surface area contributed by atoms with Crippen molar-refractivity contribution in [2.24, 2.45) is 5.92 Å². The Kier molecular flexibility index (Phi) is 3.65. The molecule has 1 heteroatoms. The number of hydrogen-bond donors (Lipinski definition) is 0. The summed E-state index contributed by atoms with van der Waals surface area (Å²) in [5, 5.41) is 0. The van der Waals surface area contributed by atoms with Crippen molar-refractivity contribution in [2.75, 3.05) is 20.1 Å². The highest BCUT2D eigenvalue weighted by Crippen LogP contribution is 2.21. The van der Waals surface area contributed by atoms with E-state index in [4.69, 9.17) is 0 Å². The van der Waals surface area contributed by atoms with Crippen LogP contribution < -0.4 is 0 Å². The Balaban J connectivity index is 2.07. The molecule has 1 saturated heterocycles. The van der Waals surface area contributed by atoms with Gasteiger partial charge in [0.1, 0.15) is 0 Å². The third-order valence-corrected chi connectivity index (χ3v) is 3.59. The zero-order chi connectivity index (χ0) is 11.5. The van der Waals surface area contributed by atoms with Crippen molar-refractivity contribution in [3.8, 4) is 0 Å². The van der Waals surface area contributed by atoms with Crippen molar-refractivity contribution in [2.45, 2.75) is 33.1 Å². The molecule has 0 spiro atoms. The van der Waals surface area contributed by atoms with E-state index in [2.05, 4.69) is 44.0 Å². The van der Waals surface area contributed by atoms with Crippen LogP contribution in [0.4, 0.5) is 0 Å². The van der Waals surface area contributed by atoms with E-state index in [1.165, 1.54) is 30.6 Å². The first-order valence-electron chi connectivity index (χ1n) is 6.51. The van der Waals surface area contributed by atoms with E-state index < -0.39 is 0 Å². The average Bonchev–Trinajstić information content (AvgIpc) is 2.26. The third kappa shape index (κ3) is 2.65. The standard InChI is InChI=1S/C15H23N/c1-4-12-6-13(5-2)8-14(7-12)9-15-10-16(3)11-15/h6-8,15H,4-5,9-11H2,1-3H3. The van der Waals surface area contributed by atoms with E-state index in [0.717, 1.165) is 18.8 Å². The van der Waals surface area contributed by atoms with Gasteiger partial charge in [0.15, 0.2) is 0 Å². The lowest BCUT2D eigenvalue weighted by Gasteiger charge is -2.36. The van der Waals surface area contributed by atoms with Crippen LogP contribution in [0, 0.1) is 5.92 Å². The van der Waals surface area contributed by atoms with Crippen molar-refractivity contribution in [1.82, 2.24) is 4.90 Å². The lowest BCUT2D eigenvalue weighted by atomic mass is 9.90. The number of rotatable bonds is 4. The first kappa shape index (κ1) is 11.7. The number of benzene rings is 1. The zero-order valence-electron chi connectivity index (χ0n) is 10.8. The summed E-state index contributed by atoms with van der Waals surface area (Å²) in [5.74, 6) is 0.891. The van der Waals surface area contributed by atoms with Gasteiger partial charge in [-0.15, -0.1) is 0 Å². The van der Waals surface area contributed by atoms with Crippen LogP contribution in [-0.2, 0) is 19.3 Å². The van der Waals surface area contributed by atoms with E-state index in [0.29, 0.717) is 0 Å². The molecule has 0 atom stereocenters. The normalized spacial score (nSPS) is 17.4. The molecule has 88 valence electrons. The second-order valence-corrected chi connectivity index (χ2v) is 5.16. The van der Waals surface area contributed by atoms with E-state index >= 15 is 0 Å². The summed E-state index contributed by atoms with van der Waals surface area (Å²) in [7, 11) is 2.20. The third-order valence-electron chi connectivity index (χ3n) is 3.59. The molecule has 1 aliphatic heterocycles.